The van der Waals surface area contributed by atoms with Crippen molar-refractivity contribution in [2.45, 2.75) is 25.7 Å². The van der Waals surface area contributed by atoms with Crippen molar-refractivity contribution in [3.63, 3.8) is 0 Å². The van der Waals surface area contributed by atoms with Crippen LogP contribution in [-0.2, 0) is 16.1 Å². The summed E-state index contributed by atoms with van der Waals surface area (Å²) in [7, 11) is 0. The van der Waals surface area contributed by atoms with E-state index in [1.54, 1.807) is 0 Å². The Morgan fingerprint density at radius 1 is 0.871 bits per heavy atom. The third-order valence-corrected chi connectivity index (χ3v) is 5.22. The Kier molecular flexibility index (Phi) is 6.85. The van der Waals surface area contributed by atoms with Gasteiger partial charge in [-0.1, -0.05) is 72.8 Å². The number of carbonyl (C=O) groups excluding carboxylic acids is 1. The van der Waals surface area contributed by atoms with E-state index >= 15 is 0 Å². The standard InChI is InChI=1S/C26H27NO4/c1-20-16-27(17-25(31-20)22-12-6-3-7-13-22)26(28)19-30-24-15-9-8-14-23(24)29-18-21-10-4-2-5-11-21/h2-15,20,25H,16-19H2,1H3. The van der Waals surface area contributed by atoms with E-state index in [1.165, 1.54) is 0 Å². The zero-order chi connectivity index (χ0) is 21.5. The van der Waals surface area contributed by atoms with Crippen LogP contribution in [0, 0.1) is 0 Å². The number of rotatable bonds is 7. The highest BCUT2D eigenvalue weighted by Gasteiger charge is 2.29. The molecule has 3 aromatic rings. The van der Waals surface area contributed by atoms with E-state index in [0.29, 0.717) is 31.2 Å². The molecule has 0 spiro atoms. The zero-order valence-electron chi connectivity index (χ0n) is 17.6. The lowest BCUT2D eigenvalue weighted by molar-refractivity contribution is -0.146. The molecule has 1 amide bonds. The molecule has 2 atom stereocenters. The molecule has 0 radical (unpaired) electrons. The van der Waals surface area contributed by atoms with Gasteiger partial charge in [0.25, 0.3) is 5.91 Å². The summed E-state index contributed by atoms with van der Waals surface area (Å²) in [5.74, 6) is 1.12. The molecule has 1 heterocycles. The van der Waals surface area contributed by atoms with E-state index in [-0.39, 0.29) is 24.7 Å². The van der Waals surface area contributed by atoms with Crippen LogP contribution in [0.5, 0.6) is 11.5 Å². The maximum absolute atomic E-state index is 12.9. The van der Waals surface area contributed by atoms with Gasteiger partial charge in [-0.25, -0.2) is 0 Å². The van der Waals surface area contributed by atoms with Crippen LogP contribution in [0.25, 0.3) is 0 Å². The lowest BCUT2D eigenvalue weighted by atomic mass is 10.1. The molecule has 4 rings (SSSR count). The topological polar surface area (TPSA) is 48.0 Å². The third kappa shape index (κ3) is 5.64. The molecule has 0 saturated carbocycles. The van der Waals surface area contributed by atoms with Crippen LogP contribution in [0.4, 0.5) is 0 Å². The fraction of sp³-hybridized carbons (Fsp3) is 0.269. The summed E-state index contributed by atoms with van der Waals surface area (Å²) in [6, 6.07) is 27.4. The number of hydrogen-bond donors (Lipinski definition) is 0. The summed E-state index contributed by atoms with van der Waals surface area (Å²) >= 11 is 0. The minimum Gasteiger partial charge on any atom is -0.485 e. The van der Waals surface area contributed by atoms with Gasteiger partial charge in [0, 0.05) is 6.54 Å². The van der Waals surface area contributed by atoms with Gasteiger partial charge in [0.2, 0.25) is 0 Å². The van der Waals surface area contributed by atoms with Crippen molar-refractivity contribution in [1.82, 2.24) is 4.90 Å². The summed E-state index contributed by atoms with van der Waals surface area (Å²) in [5, 5.41) is 0. The van der Waals surface area contributed by atoms with Crippen LogP contribution < -0.4 is 9.47 Å². The largest absolute Gasteiger partial charge is 0.485 e. The molecule has 0 aliphatic carbocycles. The lowest BCUT2D eigenvalue weighted by Gasteiger charge is -2.37. The Morgan fingerprint density at radius 2 is 1.48 bits per heavy atom. The first-order chi connectivity index (χ1) is 15.2. The molecule has 3 aromatic carbocycles. The van der Waals surface area contributed by atoms with Gasteiger partial charge in [0.15, 0.2) is 18.1 Å². The molecule has 31 heavy (non-hydrogen) atoms. The predicted molar refractivity (Wildman–Crippen MR) is 119 cm³/mol. The van der Waals surface area contributed by atoms with Crippen LogP contribution in [0.15, 0.2) is 84.9 Å². The van der Waals surface area contributed by atoms with Gasteiger partial charge in [-0.3, -0.25) is 4.79 Å². The van der Waals surface area contributed by atoms with E-state index in [1.807, 2.05) is 96.8 Å². The highest BCUT2D eigenvalue weighted by atomic mass is 16.5. The molecule has 5 nitrogen and oxygen atoms in total. The van der Waals surface area contributed by atoms with Gasteiger partial charge in [-0.2, -0.15) is 0 Å². The maximum atomic E-state index is 12.9. The molecular formula is C26H27NO4. The van der Waals surface area contributed by atoms with Crippen molar-refractivity contribution in [2.24, 2.45) is 0 Å². The molecule has 0 aromatic heterocycles. The number of carbonyl (C=O) groups is 1. The van der Waals surface area contributed by atoms with Crippen LogP contribution in [0.2, 0.25) is 0 Å². The zero-order valence-corrected chi connectivity index (χ0v) is 17.6. The van der Waals surface area contributed by atoms with E-state index < -0.39 is 0 Å². The number of nitrogens with zero attached hydrogens (tertiary/aromatic N) is 1. The number of hydrogen-bond acceptors (Lipinski definition) is 4. The quantitative estimate of drug-likeness (QED) is 0.562. The fourth-order valence-corrected chi connectivity index (χ4v) is 3.66. The van der Waals surface area contributed by atoms with Crippen LogP contribution >= 0.6 is 0 Å². The molecule has 1 aliphatic rings. The summed E-state index contributed by atoms with van der Waals surface area (Å²) < 4.78 is 17.8. The minimum absolute atomic E-state index is 0.0376. The summed E-state index contributed by atoms with van der Waals surface area (Å²) in [5.41, 5.74) is 2.15. The Labute approximate surface area is 183 Å². The molecule has 160 valence electrons. The third-order valence-electron chi connectivity index (χ3n) is 5.22. The Morgan fingerprint density at radius 3 is 2.19 bits per heavy atom. The number of benzene rings is 3. The van der Waals surface area contributed by atoms with Crippen LogP contribution in [-0.4, -0.2) is 36.6 Å². The minimum atomic E-state index is -0.129. The van der Waals surface area contributed by atoms with E-state index in [2.05, 4.69) is 0 Å². The summed E-state index contributed by atoms with van der Waals surface area (Å²) in [6.45, 7) is 3.46. The molecular weight excluding hydrogens is 390 g/mol. The van der Waals surface area contributed by atoms with Gasteiger partial charge in [-0.15, -0.1) is 0 Å². The highest BCUT2D eigenvalue weighted by molar-refractivity contribution is 5.78. The van der Waals surface area contributed by atoms with Crippen molar-refractivity contribution in [3.8, 4) is 11.5 Å². The first-order valence-corrected chi connectivity index (χ1v) is 10.6. The maximum Gasteiger partial charge on any atom is 0.260 e. The lowest BCUT2D eigenvalue weighted by Crippen LogP contribution is -2.47. The number of ether oxygens (including phenoxy) is 3. The van der Waals surface area contributed by atoms with Gasteiger partial charge < -0.3 is 19.1 Å². The monoisotopic (exact) mass is 417 g/mol. The molecule has 1 fully saturated rings. The normalized spacial score (nSPS) is 18.4. The number of morpholine rings is 1. The van der Waals surface area contributed by atoms with Crippen molar-refractivity contribution >= 4 is 5.91 Å². The van der Waals surface area contributed by atoms with Crippen LogP contribution in [0.3, 0.4) is 0 Å². The average molecular weight is 418 g/mol. The van der Waals surface area contributed by atoms with Crippen molar-refractivity contribution in [2.75, 3.05) is 19.7 Å². The molecule has 0 N–H and O–H groups in total. The Balaban J connectivity index is 1.36. The fourth-order valence-electron chi connectivity index (χ4n) is 3.66. The van der Waals surface area contributed by atoms with Gasteiger partial charge in [-0.05, 0) is 30.2 Å². The summed E-state index contributed by atoms with van der Waals surface area (Å²) in [6.07, 6.45) is -0.167. The second-order valence-corrected chi connectivity index (χ2v) is 7.65. The van der Waals surface area contributed by atoms with Crippen LogP contribution in [0.1, 0.15) is 24.2 Å². The SMILES string of the molecule is CC1CN(C(=O)COc2ccccc2OCc2ccccc2)CC(c2ccccc2)O1. The van der Waals surface area contributed by atoms with Gasteiger partial charge >= 0.3 is 0 Å². The smallest absolute Gasteiger partial charge is 0.260 e. The number of para-hydroxylation sites is 2. The van der Waals surface area contributed by atoms with E-state index in [9.17, 15) is 4.79 Å². The Hall–Kier alpha value is -3.31. The molecule has 2 unspecified atom stereocenters. The Bertz CT molecular complexity index is 977. The van der Waals surface area contributed by atoms with E-state index in [0.717, 1.165) is 11.1 Å². The van der Waals surface area contributed by atoms with Gasteiger partial charge in [0.05, 0.1) is 12.6 Å². The number of amides is 1. The second kappa shape index (κ2) is 10.1. The highest BCUT2D eigenvalue weighted by Crippen LogP contribution is 2.28. The average Bonchev–Trinajstić information content (AvgIpc) is 2.82. The molecule has 1 aliphatic heterocycles. The molecule has 0 bridgehead atoms. The first-order valence-electron chi connectivity index (χ1n) is 10.6. The van der Waals surface area contributed by atoms with Crippen molar-refractivity contribution in [3.05, 3.63) is 96.1 Å². The molecule has 1 saturated heterocycles. The predicted octanol–water partition coefficient (Wildman–Crippen LogP) is 4.63. The second-order valence-electron chi connectivity index (χ2n) is 7.65. The van der Waals surface area contributed by atoms with E-state index in [4.69, 9.17) is 14.2 Å². The molecule has 5 heteroatoms. The van der Waals surface area contributed by atoms with Gasteiger partial charge in [0.1, 0.15) is 12.7 Å². The van der Waals surface area contributed by atoms with Crippen molar-refractivity contribution < 1.29 is 19.0 Å². The van der Waals surface area contributed by atoms with Crippen molar-refractivity contribution in [1.29, 1.82) is 0 Å². The first kappa shape index (κ1) is 20.9. The summed E-state index contributed by atoms with van der Waals surface area (Å²) in [4.78, 5) is 14.7.